The van der Waals surface area contributed by atoms with Crippen molar-refractivity contribution in [2.24, 2.45) is 0 Å². The largest absolute Gasteiger partial charge is 0.497 e. The van der Waals surface area contributed by atoms with Crippen LogP contribution >= 0.6 is 23.1 Å². The maximum absolute atomic E-state index is 13.1. The number of carbonyl (C=O) groups is 3. The number of benzene rings is 2. The predicted octanol–water partition coefficient (Wildman–Crippen LogP) is 5.20. The molecule has 0 bridgehead atoms. The molecule has 2 heterocycles. The monoisotopic (exact) mass is 493 g/mol. The first-order valence-corrected chi connectivity index (χ1v) is 12.2. The van der Waals surface area contributed by atoms with Gasteiger partial charge in [-0.3, -0.25) is 19.3 Å². The van der Waals surface area contributed by atoms with Crippen LogP contribution in [0.3, 0.4) is 0 Å². The number of carbonyl (C=O) groups excluding carboxylic acids is 3. The minimum Gasteiger partial charge on any atom is -0.497 e. The van der Waals surface area contributed by atoms with Gasteiger partial charge in [0.2, 0.25) is 0 Å². The van der Waals surface area contributed by atoms with Crippen LogP contribution in [0.25, 0.3) is 0 Å². The van der Waals surface area contributed by atoms with Crippen molar-refractivity contribution < 1.29 is 19.1 Å². The van der Waals surface area contributed by atoms with Crippen LogP contribution in [-0.2, 0) is 9.59 Å². The lowest BCUT2D eigenvalue weighted by Gasteiger charge is -2.19. The summed E-state index contributed by atoms with van der Waals surface area (Å²) in [4.78, 5) is 41.4. The van der Waals surface area contributed by atoms with Gasteiger partial charge in [-0.15, -0.1) is 11.3 Å². The maximum atomic E-state index is 13.1. The lowest BCUT2D eigenvalue weighted by Crippen LogP contribution is -2.38. The van der Waals surface area contributed by atoms with E-state index in [0.717, 1.165) is 4.90 Å². The second kappa shape index (κ2) is 10.1. The van der Waals surface area contributed by atoms with Crippen molar-refractivity contribution in [3.63, 3.8) is 0 Å². The number of imide groups is 1. The molecule has 0 aliphatic carbocycles. The number of rotatable bonds is 8. The minimum absolute atomic E-state index is 0.173. The molecule has 0 spiro atoms. The van der Waals surface area contributed by atoms with Crippen LogP contribution < -0.4 is 15.4 Å². The van der Waals surface area contributed by atoms with Gasteiger partial charge in [-0.25, -0.2) is 0 Å². The predicted molar refractivity (Wildman–Crippen MR) is 135 cm³/mol. The molecule has 7 nitrogen and oxygen atoms in total. The summed E-state index contributed by atoms with van der Waals surface area (Å²) in [6.45, 7) is 3.61. The first-order valence-electron chi connectivity index (χ1n) is 10.5. The molecule has 4 rings (SSSR count). The van der Waals surface area contributed by atoms with Crippen LogP contribution in [0.1, 0.15) is 23.5 Å². The number of amides is 3. The minimum atomic E-state index is -0.363. The van der Waals surface area contributed by atoms with Crippen LogP contribution in [0.5, 0.6) is 5.75 Å². The van der Waals surface area contributed by atoms with E-state index in [0.29, 0.717) is 26.9 Å². The molecule has 0 radical (unpaired) electrons. The molecule has 0 saturated heterocycles. The van der Waals surface area contributed by atoms with Gasteiger partial charge in [0.05, 0.1) is 12.0 Å². The molecule has 3 amide bonds. The highest BCUT2D eigenvalue weighted by Crippen LogP contribution is 2.37. The van der Waals surface area contributed by atoms with Gasteiger partial charge < -0.3 is 15.4 Å². The number of thiophene rings is 1. The van der Waals surface area contributed by atoms with Crippen molar-refractivity contribution in [2.45, 2.75) is 24.8 Å². The second-order valence-electron chi connectivity index (χ2n) is 7.69. The Balaban J connectivity index is 1.56. The highest BCUT2D eigenvalue weighted by molar-refractivity contribution is 8.04. The van der Waals surface area contributed by atoms with Crippen molar-refractivity contribution in [3.8, 4) is 5.75 Å². The zero-order chi connectivity index (χ0) is 24.2. The zero-order valence-corrected chi connectivity index (χ0v) is 20.5. The molecule has 1 aliphatic rings. The molecule has 174 valence electrons. The molecule has 9 heteroatoms. The Morgan fingerprint density at radius 2 is 1.65 bits per heavy atom. The van der Waals surface area contributed by atoms with E-state index in [1.807, 2.05) is 23.6 Å². The van der Waals surface area contributed by atoms with Crippen molar-refractivity contribution in [2.75, 3.05) is 17.7 Å². The van der Waals surface area contributed by atoms with E-state index in [1.165, 1.54) is 28.0 Å². The molecular formula is C25H23N3O4S2. The Labute approximate surface area is 205 Å². The number of methoxy groups -OCH3 is 1. The topological polar surface area (TPSA) is 87.7 Å². The smallest absolute Gasteiger partial charge is 0.278 e. The molecule has 34 heavy (non-hydrogen) atoms. The molecule has 0 atom stereocenters. The lowest BCUT2D eigenvalue weighted by molar-refractivity contribution is -0.139. The Bertz CT molecular complexity index is 1230. The van der Waals surface area contributed by atoms with Crippen molar-refractivity contribution in [1.29, 1.82) is 0 Å². The third-order valence-corrected chi connectivity index (χ3v) is 6.98. The van der Waals surface area contributed by atoms with Gasteiger partial charge in [0, 0.05) is 22.3 Å². The molecule has 0 fully saturated rings. The summed E-state index contributed by atoms with van der Waals surface area (Å²) < 4.78 is 5.18. The van der Waals surface area contributed by atoms with E-state index in [1.54, 1.807) is 63.4 Å². The third-order valence-electron chi connectivity index (χ3n) is 5.03. The Morgan fingerprint density at radius 3 is 2.24 bits per heavy atom. The van der Waals surface area contributed by atoms with E-state index in [9.17, 15) is 14.4 Å². The summed E-state index contributed by atoms with van der Waals surface area (Å²) in [5, 5.41) is 7.82. The first kappa shape index (κ1) is 23.6. The average Bonchev–Trinajstić information content (AvgIpc) is 3.44. The number of hydrogen-bond acceptors (Lipinski definition) is 7. The molecule has 2 N–H and O–H groups in total. The van der Waals surface area contributed by atoms with Crippen LogP contribution in [0, 0.1) is 0 Å². The Morgan fingerprint density at radius 1 is 0.971 bits per heavy atom. The van der Waals surface area contributed by atoms with Crippen molar-refractivity contribution in [1.82, 2.24) is 4.90 Å². The van der Waals surface area contributed by atoms with Crippen LogP contribution in [0.15, 0.2) is 81.5 Å². The van der Waals surface area contributed by atoms with E-state index >= 15 is 0 Å². The molecule has 1 aliphatic heterocycles. The van der Waals surface area contributed by atoms with Gasteiger partial charge in [-0.05, 0) is 73.8 Å². The average molecular weight is 494 g/mol. The SMILES string of the molecule is COc1ccc(NC2=C(Sc3ccc(NC(=O)c4cccs4)cc3)C(=O)N(C(C)C)C2=O)cc1. The fourth-order valence-electron chi connectivity index (χ4n) is 3.34. The summed E-state index contributed by atoms with van der Waals surface area (Å²) in [6, 6.07) is 17.6. The summed E-state index contributed by atoms with van der Waals surface area (Å²) in [5.74, 6) is -0.180. The number of nitrogens with one attached hydrogen (secondary N) is 2. The van der Waals surface area contributed by atoms with Gasteiger partial charge in [0.25, 0.3) is 17.7 Å². The molecule has 0 saturated carbocycles. The Hall–Kier alpha value is -3.56. The second-order valence-corrected chi connectivity index (χ2v) is 9.72. The molecule has 0 unspecified atom stereocenters. The Kier molecular flexibility index (Phi) is 7.04. The van der Waals surface area contributed by atoms with Gasteiger partial charge in [0.15, 0.2) is 0 Å². The molecule has 2 aromatic carbocycles. The van der Waals surface area contributed by atoms with Crippen molar-refractivity contribution in [3.05, 3.63) is 81.5 Å². The first-order chi connectivity index (χ1) is 16.4. The molecular weight excluding hydrogens is 470 g/mol. The fraction of sp³-hybridized carbons (Fsp3) is 0.160. The van der Waals surface area contributed by atoms with E-state index < -0.39 is 0 Å². The lowest BCUT2D eigenvalue weighted by atomic mass is 10.3. The summed E-state index contributed by atoms with van der Waals surface area (Å²) in [7, 11) is 1.58. The number of hydrogen-bond donors (Lipinski definition) is 2. The summed E-state index contributed by atoms with van der Waals surface area (Å²) in [5.41, 5.74) is 1.56. The molecule has 3 aromatic rings. The van der Waals surface area contributed by atoms with Gasteiger partial charge in [-0.2, -0.15) is 0 Å². The van der Waals surface area contributed by atoms with Crippen LogP contribution in [-0.4, -0.2) is 35.8 Å². The summed E-state index contributed by atoms with van der Waals surface area (Å²) in [6.07, 6.45) is 0. The number of nitrogens with zero attached hydrogens (tertiary/aromatic N) is 1. The highest BCUT2D eigenvalue weighted by atomic mass is 32.2. The highest BCUT2D eigenvalue weighted by Gasteiger charge is 2.40. The van der Waals surface area contributed by atoms with Crippen LogP contribution in [0.2, 0.25) is 0 Å². The fourth-order valence-corrected chi connectivity index (χ4v) is 4.90. The van der Waals surface area contributed by atoms with Gasteiger partial charge in [-0.1, -0.05) is 17.8 Å². The molecule has 1 aromatic heterocycles. The number of ether oxygens (including phenoxy) is 1. The number of thioether (sulfide) groups is 1. The maximum Gasteiger partial charge on any atom is 0.278 e. The normalized spacial score (nSPS) is 13.6. The van der Waals surface area contributed by atoms with Gasteiger partial charge >= 0.3 is 0 Å². The number of anilines is 2. The zero-order valence-electron chi connectivity index (χ0n) is 18.8. The standard InChI is InChI=1S/C25H23N3O4S2/c1-15(2)28-24(30)21(26-16-6-10-18(32-3)11-7-16)22(25(28)31)34-19-12-8-17(9-13-19)27-23(29)20-5-4-14-33-20/h4-15,26H,1-3H3,(H,27,29). The van der Waals surface area contributed by atoms with E-state index in [-0.39, 0.29) is 29.5 Å². The third kappa shape index (κ3) is 5.00. The summed E-state index contributed by atoms with van der Waals surface area (Å²) >= 11 is 2.58. The van der Waals surface area contributed by atoms with Gasteiger partial charge in [0.1, 0.15) is 16.4 Å². The van der Waals surface area contributed by atoms with Crippen LogP contribution in [0.4, 0.5) is 11.4 Å². The van der Waals surface area contributed by atoms with E-state index in [4.69, 9.17) is 4.74 Å². The van der Waals surface area contributed by atoms with Crippen molar-refractivity contribution >= 4 is 52.2 Å². The quantitative estimate of drug-likeness (QED) is 0.419. The van der Waals surface area contributed by atoms with E-state index in [2.05, 4.69) is 10.6 Å².